The Kier molecular flexibility index (Phi) is 2.86. The number of carbonyl (C=O) groups excluding carboxylic acids is 1. The minimum absolute atomic E-state index is 0.177. The highest BCUT2D eigenvalue weighted by atomic mass is 32.1. The van der Waals surface area contributed by atoms with Crippen LogP contribution in [0.2, 0.25) is 0 Å². The minimum atomic E-state index is -0.177. The number of urea groups is 1. The molecule has 1 aromatic heterocycles. The van der Waals surface area contributed by atoms with E-state index >= 15 is 0 Å². The Bertz CT molecular complexity index is 359. The third-order valence-electron chi connectivity index (χ3n) is 2.09. The molecular formula is C9H14N4OS. The normalized spacial score (nSPS) is 15.4. The topological polar surface area (TPSA) is 66.9 Å². The summed E-state index contributed by atoms with van der Waals surface area (Å²) in [6, 6.07) is 0.187. The summed E-state index contributed by atoms with van der Waals surface area (Å²) in [5.74, 6) is 1.07. The second-order valence-electron chi connectivity index (χ2n) is 3.99. The zero-order valence-corrected chi connectivity index (χ0v) is 9.60. The third kappa shape index (κ3) is 2.89. The number of rotatable bonds is 3. The number of anilines is 1. The van der Waals surface area contributed by atoms with Gasteiger partial charge in [-0.3, -0.25) is 5.32 Å². The van der Waals surface area contributed by atoms with Gasteiger partial charge in [-0.25, -0.2) is 9.78 Å². The fourth-order valence-corrected chi connectivity index (χ4v) is 1.77. The van der Waals surface area contributed by atoms with E-state index in [-0.39, 0.29) is 6.03 Å². The van der Waals surface area contributed by atoms with Gasteiger partial charge in [0.15, 0.2) is 0 Å². The van der Waals surface area contributed by atoms with E-state index in [9.17, 15) is 4.79 Å². The van der Waals surface area contributed by atoms with Crippen molar-refractivity contribution in [2.75, 3.05) is 5.32 Å². The maximum atomic E-state index is 11.4. The minimum Gasteiger partial charge on any atom is -0.335 e. The summed E-state index contributed by atoms with van der Waals surface area (Å²) in [6.07, 6.45) is 2.17. The molecule has 1 heterocycles. The van der Waals surface area contributed by atoms with E-state index in [1.165, 1.54) is 11.5 Å². The van der Waals surface area contributed by atoms with Crippen LogP contribution >= 0.6 is 11.5 Å². The molecule has 0 saturated heterocycles. The first-order valence-electron chi connectivity index (χ1n) is 5.06. The second-order valence-corrected chi connectivity index (χ2v) is 4.74. The van der Waals surface area contributed by atoms with Crippen molar-refractivity contribution in [3.05, 3.63) is 5.82 Å². The van der Waals surface area contributed by atoms with Gasteiger partial charge in [-0.05, 0) is 12.8 Å². The number of nitrogens with one attached hydrogen (secondary N) is 2. The highest BCUT2D eigenvalue weighted by Gasteiger charge is 2.23. The van der Waals surface area contributed by atoms with Crippen LogP contribution in [0.15, 0.2) is 0 Å². The van der Waals surface area contributed by atoms with Crippen LogP contribution in [-0.2, 0) is 0 Å². The van der Waals surface area contributed by atoms with Crippen molar-refractivity contribution in [1.29, 1.82) is 0 Å². The molecule has 1 aliphatic rings. The zero-order valence-electron chi connectivity index (χ0n) is 8.78. The first-order chi connectivity index (χ1) is 7.15. The molecule has 0 atom stereocenters. The fraction of sp³-hybridized carbons (Fsp3) is 0.667. The zero-order chi connectivity index (χ0) is 10.8. The molecule has 2 N–H and O–H groups in total. The van der Waals surface area contributed by atoms with Gasteiger partial charge < -0.3 is 5.32 Å². The van der Waals surface area contributed by atoms with Gasteiger partial charge in [0, 0.05) is 23.5 Å². The van der Waals surface area contributed by atoms with E-state index in [0.29, 0.717) is 17.1 Å². The molecular weight excluding hydrogens is 212 g/mol. The lowest BCUT2D eigenvalue weighted by molar-refractivity contribution is 0.251. The van der Waals surface area contributed by atoms with Gasteiger partial charge in [0.1, 0.15) is 5.82 Å². The molecule has 0 aromatic carbocycles. The van der Waals surface area contributed by atoms with E-state index in [2.05, 4.69) is 20.0 Å². The van der Waals surface area contributed by atoms with Crippen LogP contribution in [0.4, 0.5) is 9.93 Å². The largest absolute Gasteiger partial charge is 0.335 e. The van der Waals surface area contributed by atoms with E-state index in [0.717, 1.165) is 18.7 Å². The van der Waals surface area contributed by atoms with Crippen LogP contribution < -0.4 is 10.6 Å². The molecule has 2 amide bonds. The summed E-state index contributed by atoms with van der Waals surface area (Å²) >= 11 is 1.22. The summed E-state index contributed by atoms with van der Waals surface area (Å²) in [4.78, 5) is 15.6. The van der Waals surface area contributed by atoms with Gasteiger partial charge >= 0.3 is 6.03 Å². The Morgan fingerprint density at radius 2 is 2.27 bits per heavy atom. The van der Waals surface area contributed by atoms with Crippen molar-refractivity contribution in [1.82, 2.24) is 14.7 Å². The third-order valence-corrected chi connectivity index (χ3v) is 2.74. The van der Waals surface area contributed by atoms with Crippen molar-refractivity contribution in [2.24, 2.45) is 0 Å². The lowest BCUT2D eigenvalue weighted by Crippen LogP contribution is -2.30. The van der Waals surface area contributed by atoms with Crippen LogP contribution in [0.3, 0.4) is 0 Å². The molecule has 0 radical (unpaired) electrons. The van der Waals surface area contributed by atoms with Crippen molar-refractivity contribution in [3.63, 3.8) is 0 Å². The summed E-state index contributed by atoms with van der Waals surface area (Å²) in [5, 5.41) is 6.08. The molecule has 82 valence electrons. The van der Waals surface area contributed by atoms with E-state index < -0.39 is 0 Å². The van der Waals surface area contributed by atoms with E-state index in [4.69, 9.17) is 0 Å². The summed E-state index contributed by atoms with van der Waals surface area (Å²) in [6.45, 7) is 4.05. The van der Waals surface area contributed by atoms with Crippen molar-refractivity contribution in [3.8, 4) is 0 Å². The van der Waals surface area contributed by atoms with Crippen LogP contribution in [0.25, 0.3) is 0 Å². The standard InChI is InChI=1S/C9H14N4OS/c1-5(2)7-11-9(15-13-7)12-8(14)10-6-3-4-6/h5-6H,3-4H2,1-2H3,(H2,10,11,12,13,14). The number of aromatic nitrogens is 2. The molecule has 1 saturated carbocycles. The Morgan fingerprint density at radius 3 is 2.80 bits per heavy atom. The fourth-order valence-electron chi connectivity index (χ4n) is 1.07. The Morgan fingerprint density at radius 1 is 1.53 bits per heavy atom. The molecule has 5 nitrogen and oxygen atoms in total. The molecule has 1 aliphatic carbocycles. The average Bonchev–Trinajstić information content (AvgIpc) is 2.82. The highest BCUT2D eigenvalue weighted by molar-refractivity contribution is 7.09. The van der Waals surface area contributed by atoms with E-state index in [1.807, 2.05) is 13.8 Å². The predicted octanol–water partition coefficient (Wildman–Crippen LogP) is 1.95. The SMILES string of the molecule is CC(C)c1nsc(NC(=O)NC2CC2)n1. The van der Waals surface area contributed by atoms with Crippen LogP contribution in [0, 0.1) is 0 Å². The quantitative estimate of drug-likeness (QED) is 0.827. The molecule has 0 bridgehead atoms. The average molecular weight is 226 g/mol. The monoisotopic (exact) mass is 226 g/mol. The molecule has 0 unspecified atom stereocenters. The molecule has 2 rings (SSSR count). The molecule has 15 heavy (non-hydrogen) atoms. The summed E-state index contributed by atoms with van der Waals surface area (Å²) < 4.78 is 4.15. The van der Waals surface area contributed by atoms with Crippen LogP contribution in [-0.4, -0.2) is 21.4 Å². The second kappa shape index (κ2) is 4.14. The maximum Gasteiger partial charge on any atom is 0.321 e. The molecule has 1 aromatic rings. The molecule has 0 spiro atoms. The Balaban J connectivity index is 1.88. The maximum absolute atomic E-state index is 11.4. The van der Waals surface area contributed by atoms with Gasteiger partial charge in [0.2, 0.25) is 5.13 Å². The lowest BCUT2D eigenvalue weighted by atomic mass is 10.2. The predicted molar refractivity (Wildman–Crippen MR) is 59.2 cm³/mol. The van der Waals surface area contributed by atoms with Gasteiger partial charge in [0.25, 0.3) is 0 Å². The molecule has 1 fully saturated rings. The van der Waals surface area contributed by atoms with Gasteiger partial charge in [0.05, 0.1) is 0 Å². The number of hydrogen-bond acceptors (Lipinski definition) is 4. The lowest BCUT2D eigenvalue weighted by Gasteiger charge is -2.01. The summed E-state index contributed by atoms with van der Waals surface area (Å²) in [5.41, 5.74) is 0. The summed E-state index contributed by atoms with van der Waals surface area (Å²) in [7, 11) is 0. The van der Waals surface area contributed by atoms with Crippen molar-refractivity contribution in [2.45, 2.75) is 38.6 Å². The first kappa shape index (κ1) is 10.4. The Labute approximate surface area is 92.5 Å². The molecule has 0 aliphatic heterocycles. The van der Waals surface area contributed by atoms with Gasteiger partial charge in [-0.15, -0.1) is 0 Å². The number of carbonyl (C=O) groups is 1. The van der Waals surface area contributed by atoms with Crippen LogP contribution in [0.5, 0.6) is 0 Å². The van der Waals surface area contributed by atoms with E-state index in [1.54, 1.807) is 0 Å². The first-order valence-corrected chi connectivity index (χ1v) is 5.83. The number of hydrogen-bond donors (Lipinski definition) is 2. The smallest absolute Gasteiger partial charge is 0.321 e. The van der Waals surface area contributed by atoms with Gasteiger partial charge in [-0.1, -0.05) is 13.8 Å². The number of amides is 2. The Hall–Kier alpha value is -1.17. The number of nitrogens with zero attached hydrogens (tertiary/aromatic N) is 2. The van der Waals surface area contributed by atoms with Crippen LogP contribution in [0.1, 0.15) is 38.4 Å². The highest BCUT2D eigenvalue weighted by Crippen LogP contribution is 2.20. The van der Waals surface area contributed by atoms with Gasteiger partial charge in [-0.2, -0.15) is 4.37 Å². The van der Waals surface area contributed by atoms with Crippen molar-refractivity contribution < 1.29 is 4.79 Å². The van der Waals surface area contributed by atoms with Crippen molar-refractivity contribution >= 4 is 22.7 Å². The molecule has 6 heteroatoms.